The molecule has 0 atom stereocenters. The summed E-state index contributed by atoms with van der Waals surface area (Å²) in [7, 11) is 1.65. The van der Waals surface area contributed by atoms with Crippen LogP contribution in [0, 0.1) is 6.92 Å². The fourth-order valence-electron chi connectivity index (χ4n) is 2.72. The molecule has 1 aromatic heterocycles. The fraction of sp³-hybridized carbons (Fsp3) is 0.400. The molecule has 100 valence electrons. The Labute approximate surface area is 112 Å². The van der Waals surface area contributed by atoms with Crippen LogP contribution in [0.25, 0.3) is 10.9 Å². The van der Waals surface area contributed by atoms with E-state index in [1.54, 1.807) is 7.11 Å². The van der Waals surface area contributed by atoms with Gasteiger partial charge in [-0.1, -0.05) is 6.07 Å². The zero-order valence-corrected chi connectivity index (χ0v) is 11.3. The van der Waals surface area contributed by atoms with E-state index in [0.29, 0.717) is 5.69 Å². The van der Waals surface area contributed by atoms with E-state index in [1.165, 1.54) is 0 Å². The number of carbonyl (C=O) groups is 1. The molecule has 0 unspecified atom stereocenters. The van der Waals surface area contributed by atoms with Crippen LogP contribution >= 0.6 is 0 Å². The lowest BCUT2D eigenvalue weighted by Crippen LogP contribution is -2.27. The largest absolute Gasteiger partial charge is 0.496 e. The van der Waals surface area contributed by atoms with Crippen molar-refractivity contribution in [2.75, 3.05) is 20.2 Å². The number of amides is 1. The highest BCUT2D eigenvalue weighted by atomic mass is 16.5. The summed E-state index contributed by atoms with van der Waals surface area (Å²) in [4.78, 5) is 17.5. The second kappa shape index (κ2) is 4.61. The number of nitrogens with one attached hydrogen (secondary N) is 1. The Morgan fingerprint density at radius 2 is 2.05 bits per heavy atom. The molecule has 2 aromatic rings. The molecule has 0 bridgehead atoms. The number of hydrogen-bond acceptors (Lipinski definition) is 2. The first kappa shape index (κ1) is 12.1. The quantitative estimate of drug-likeness (QED) is 0.900. The van der Waals surface area contributed by atoms with E-state index in [1.807, 2.05) is 30.0 Å². The van der Waals surface area contributed by atoms with Gasteiger partial charge < -0.3 is 14.6 Å². The van der Waals surface area contributed by atoms with Crippen molar-refractivity contribution < 1.29 is 9.53 Å². The van der Waals surface area contributed by atoms with Crippen LogP contribution in [0.15, 0.2) is 18.2 Å². The van der Waals surface area contributed by atoms with Gasteiger partial charge in [-0.15, -0.1) is 0 Å². The molecule has 1 aliphatic heterocycles. The molecule has 1 N–H and O–H groups in total. The number of nitrogens with zero attached hydrogens (tertiary/aromatic N) is 1. The Balaban J connectivity index is 2.05. The minimum absolute atomic E-state index is 0.0927. The number of rotatable bonds is 2. The summed E-state index contributed by atoms with van der Waals surface area (Å²) in [6.45, 7) is 3.76. The Bertz CT molecular complexity index is 624. The molecular formula is C15H18N2O2. The third-order valence-electron chi connectivity index (χ3n) is 3.81. The summed E-state index contributed by atoms with van der Waals surface area (Å²) in [5, 5.41) is 0.977. The topological polar surface area (TPSA) is 45.3 Å². The van der Waals surface area contributed by atoms with E-state index in [9.17, 15) is 4.79 Å². The molecule has 0 spiro atoms. The van der Waals surface area contributed by atoms with Crippen molar-refractivity contribution >= 4 is 16.8 Å². The molecule has 1 amide bonds. The molecule has 4 nitrogen and oxygen atoms in total. The smallest absolute Gasteiger partial charge is 0.270 e. The number of aromatic nitrogens is 1. The Morgan fingerprint density at radius 3 is 2.74 bits per heavy atom. The molecule has 19 heavy (non-hydrogen) atoms. The van der Waals surface area contributed by atoms with E-state index in [-0.39, 0.29) is 5.91 Å². The average Bonchev–Trinajstić information content (AvgIpc) is 3.08. The molecule has 0 aliphatic carbocycles. The number of aromatic amines is 1. The summed E-state index contributed by atoms with van der Waals surface area (Å²) < 4.78 is 5.36. The highest BCUT2D eigenvalue weighted by Gasteiger charge is 2.21. The van der Waals surface area contributed by atoms with Crippen LogP contribution in [0.1, 0.15) is 28.9 Å². The van der Waals surface area contributed by atoms with Crippen molar-refractivity contribution in [2.45, 2.75) is 19.8 Å². The highest BCUT2D eigenvalue weighted by Crippen LogP contribution is 2.29. The second-order valence-electron chi connectivity index (χ2n) is 5.06. The van der Waals surface area contributed by atoms with E-state index in [0.717, 1.165) is 48.1 Å². The van der Waals surface area contributed by atoms with Crippen LogP contribution in [-0.4, -0.2) is 36.0 Å². The number of carbonyl (C=O) groups excluding carboxylic acids is 1. The van der Waals surface area contributed by atoms with Crippen LogP contribution in [-0.2, 0) is 0 Å². The van der Waals surface area contributed by atoms with Crippen molar-refractivity contribution in [1.82, 2.24) is 9.88 Å². The van der Waals surface area contributed by atoms with Gasteiger partial charge in [-0.2, -0.15) is 0 Å². The minimum Gasteiger partial charge on any atom is -0.496 e. The van der Waals surface area contributed by atoms with Gasteiger partial charge in [0.05, 0.1) is 12.6 Å². The maximum atomic E-state index is 12.4. The highest BCUT2D eigenvalue weighted by molar-refractivity contribution is 6.00. The van der Waals surface area contributed by atoms with Gasteiger partial charge in [0.2, 0.25) is 0 Å². The maximum absolute atomic E-state index is 12.4. The first-order chi connectivity index (χ1) is 9.20. The van der Waals surface area contributed by atoms with Crippen LogP contribution in [0.2, 0.25) is 0 Å². The van der Waals surface area contributed by atoms with Gasteiger partial charge in [0.1, 0.15) is 11.4 Å². The van der Waals surface area contributed by atoms with Crippen LogP contribution in [0.4, 0.5) is 0 Å². The molecule has 0 radical (unpaired) electrons. The first-order valence-corrected chi connectivity index (χ1v) is 6.66. The number of H-pyrrole nitrogens is 1. The van der Waals surface area contributed by atoms with Gasteiger partial charge in [0, 0.05) is 18.5 Å². The Hall–Kier alpha value is -1.97. The summed E-state index contributed by atoms with van der Waals surface area (Å²) >= 11 is 0. The Morgan fingerprint density at radius 1 is 1.32 bits per heavy atom. The van der Waals surface area contributed by atoms with Gasteiger partial charge >= 0.3 is 0 Å². The standard InChI is InChI=1S/C15H18N2O2/c1-10-5-6-13(19-2)11-9-12(16-14(10)11)15(18)17-7-3-4-8-17/h5-6,9,16H,3-4,7-8H2,1-2H3. The minimum atomic E-state index is 0.0927. The summed E-state index contributed by atoms with van der Waals surface area (Å²) in [6.07, 6.45) is 2.21. The van der Waals surface area contributed by atoms with E-state index < -0.39 is 0 Å². The molecule has 1 fully saturated rings. The molecule has 4 heteroatoms. The predicted octanol–water partition coefficient (Wildman–Crippen LogP) is 2.72. The van der Waals surface area contributed by atoms with Crippen molar-refractivity contribution in [3.05, 3.63) is 29.5 Å². The molecule has 0 saturated carbocycles. The Kier molecular flexibility index (Phi) is 2.93. The lowest BCUT2D eigenvalue weighted by atomic mass is 10.1. The number of hydrogen-bond donors (Lipinski definition) is 1. The molecule has 1 saturated heterocycles. The van der Waals surface area contributed by atoms with Crippen molar-refractivity contribution in [2.24, 2.45) is 0 Å². The molecule has 1 aliphatic rings. The lowest BCUT2D eigenvalue weighted by molar-refractivity contribution is 0.0788. The molecule has 1 aromatic carbocycles. The zero-order chi connectivity index (χ0) is 13.4. The number of methoxy groups -OCH3 is 1. The third-order valence-corrected chi connectivity index (χ3v) is 3.81. The monoisotopic (exact) mass is 258 g/mol. The SMILES string of the molecule is COc1ccc(C)c2[nH]c(C(=O)N3CCCC3)cc12. The predicted molar refractivity (Wildman–Crippen MR) is 74.7 cm³/mol. The van der Waals surface area contributed by atoms with Crippen molar-refractivity contribution in [3.8, 4) is 5.75 Å². The van der Waals surface area contributed by atoms with Gasteiger partial charge in [-0.05, 0) is 37.5 Å². The van der Waals surface area contributed by atoms with Crippen molar-refractivity contribution in [1.29, 1.82) is 0 Å². The average molecular weight is 258 g/mol. The van der Waals surface area contributed by atoms with E-state index >= 15 is 0 Å². The van der Waals surface area contributed by atoms with Crippen LogP contribution in [0.3, 0.4) is 0 Å². The van der Waals surface area contributed by atoms with E-state index in [4.69, 9.17) is 4.74 Å². The maximum Gasteiger partial charge on any atom is 0.270 e. The molecule has 3 rings (SSSR count). The third kappa shape index (κ3) is 1.97. The van der Waals surface area contributed by atoms with Crippen LogP contribution < -0.4 is 4.74 Å². The van der Waals surface area contributed by atoms with Crippen LogP contribution in [0.5, 0.6) is 5.75 Å². The number of likely N-dealkylation sites (tertiary alicyclic amines) is 1. The number of benzene rings is 1. The molecular weight excluding hydrogens is 240 g/mol. The number of ether oxygens (including phenoxy) is 1. The lowest BCUT2D eigenvalue weighted by Gasteiger charge is -2.13. The summed E-state index contributed by atoms with van der Waals surface area (Å²) in [5.41, 5.74) is 2.77. The van der Waals surface area contributed by atoms with Gasteiger partial charge in [0.15, 0.2) is 0 Å². The van der Waals surface area contributed by atoms with Crippen molar-refractivity contribution in [3.63, 3.8) is 0 Å². The fourth-order valence-corrected chi connectivity index (χ4v) is 2.72. The zero-order valence-electron chi connectivity index (χ0n) is 11.3. The number of aryl methyl sites for hydroxylation is 1. The van der Waals surface area contributed by atoms with Gasteiger partial charge in [-0.3, -0.25) is 4.79 Å². The van der Waals surface area contributed by atoms with Gasteiger partial charge in [-0.25, -0.2) is 0 Å². The van der Waals surface area contributed by atoms with E-state index in [2.05, 4.69) is 4.98 Å². The summed E-state index contributed by atoms with van der Waals surface area (Å²) in [5.74, 6) is 0.896. The number of fused-ring (bicyclic) bond motifs is 1. The first-order valence-electron chi connectivity index (χ1n) is 6.66. The molecule has 2 heterocycles. The second-order valence-corrected chi connectivity index (χ2v) is 5.06. The van der Waals surface area contributed by atoms with Gasteiger partial charge in [0.25, 0.3) is 5.91 Å². The summed E-state index contributed by atoms with van der Waals surface area (Å²) in [6, 6.07) is 5.85. The normalized spacial score (nSPS) is 15.2.